The van der Waals surface area contributed by atoms with Crippen molar-refractivity contribution in [1.29, 1.82) is 0 Å². The van der Waals surface area contributed by atoms with Crippen LogP contribution in [0.1, 0.15) is 16.8 Å². The molecule has 0 bridgehead atoms. The fraction of sp³-hybridized carbons (Fsp3) is 0.250. The average Bonchev–Trinajstić information content (AvgIpc) is 2.69. The summed E-state index contributed by atoms with van der Waals surface area (Å²) in [5.74, 6) is 1.02. The summed E-state index contributed by atoms with van der Waals surface area (Å²) in [4.78, 5) is 11.8. The number of ketones is 1. The molecule has 0 radical (unpaired) electrons. The molecule has 1 aromatic heterocycles. The van der Waals surface area contributed by atoms with Gasteiger partial charge in [-0.15, -0.1) is 0 Å². The second-order valence-corrected chi connectivity index (χ2v) is 4.30. The number of benzene rings is 1. The largest absolute Gasteiger partial charge is 0.464 e. The molecule has 2 rings (SSSR count). The predicted molar refractivity (Wildman–Crippen MR) is 63.5 cm³/mol. The van der Waals surface area contributed by atoms with Gasteiger partial charge in [0.2, 0.25) is 0 Å². The van der Waals surface area contributed by atoms with Crippen molar-refractivity contribution in [2.24, 2.45) is 0 Å². The van der Waals surface area contributed by atoms with Crippen LogP contribution in [0.3, 0.4) is 0 Å². The standard InChI is InChI=1S/C12H12O2S/c1-15-7-6-11(13)10-8-14-12-5-3-2-4-9(10)12/h2-5,8H,6-7H2,1H3. The molecule has 0 unspecified atom stereocenters. The molecule has 2 nitrogen and oxygen atoms in total. The van der Waals surface area contributed by atoms with E-state index in [1.807, 2.05) is 30.5 Å². The first-order chi connectivity index (χ1) is 7.33. The topological polar surface area (TPSA) is 30.2 Å². The molecular formula is C12H12O2S. The normalized spacial score (nSPS) is 10.7. The van der Waals surface area contributed by atoms with E-state index < -0.39 is 0 Å². The van der Waals surface area contributed by atoms with Gasteiger partial charge in [-0.1, -0.05) is 18.2 Å². The molecule has 0 atom stereocenters. The van der Waals surface area contributed by atoms with Gasteiger partial charge in [0.15, 0.2) is 5.78 Å². The van der Waals surface area contributed by atoms with Crippen molar-refractivity contribution in [3.05, 3.63) is 36.1 Å². The van der Waals surface area contributed by atoms with E-state index in [4.69, 9.17) is 4.42 Å². The number of para-hydroxylation sites is 1. The van der Waals surface area contributed by atoms with Gasteiger partial charge in [0.25, 0.3) is 0 Å². The lowest BCUT2D eigenvalue weighted by Gasteiger charge is -1.96. The number of furan rings is 1. The maximum atomic E-state index is 11.8. The quantitative estimate of drug-likeness (QED) is 0.740. The number of hydrogen-bond donors (Lipinski definition) is 0. The summed E-state index contributed by atoms with van der Waals surface area (Å²) in [6.45, 7) is 0. The number of rotatable bonds is 4. The summed E-state index contributed by atoms with van der Waals surface area (Å²) in [5, 5.41) is 0.920. The number of Topliss-reactive ketones (excluding diaryl/α,β-unsaturated/α-hetero) is 1. The summed E-state index contributed by atoms with van der Waals surface area (Å²) in [7, 11) is 0. The third-order valence-corrected chi connectivity index (χ3v) is 2.93. The van der Waals surface area contributed by atoms with Gasteiger partial charge in [-0.25, -0.2) is 0 Å². The molecule has 1 heterocycles. The Balaban J connectivity index is 2.31. The van der Waals surface area contributed by atoms with Gasteiger partial charge in [0.05, 0.1) is 5.56 Å². The van der Waals surface area contributed by atoms with Crippen LogP contribution in [0, 0.1) is 0 Å². The molecule has 1 aromatic carbocycles. The zero-order valence-electron chi connectivity index (χ0n) is 8.53. The molecule has 0 spiro atoms. The van der Waals surface area contributed by atoms with Crippen LogP contribution >= 0.6 is 11.8 Å². The number of fused-ring (bicyclic) bond motifs is 1. The minimum Gasteiger partial charge on any atom is -0.464 e. The molecule has 0 saturated heterocycles. The van der Waals surface area contributed by atoms with E-state index in [9.17, 15) is 4.79 Å². The SMILES string of the molecule is CSCCC(=O)c1coc2ccccc12. The van der Waals surface area contributed by atoms with Gasteiger partial charge < -0.3 is 4.42 Å². The van der Waals surface area contributed by atoms with E-state index in [-0.39, 0.29) is 5.78 Å². The predicted octanol–water partition coefficient (Wildman–Crippen LogP) is 3.37. The summed E-state index contributed by atoms with van der Waals surface area (Å²) in [6.07, 6.45) is 4.14. The molecular weight excluding hydrogens is 208 g/mol. The minimum absolute atomic E-state index is 0.161. The third kappa shape index (κ3) is 2.07. The van der Waals surface area contributed by atoms with Crippen molar-refractivity contribution in [2.45, 2.75) is 6.42 Å². The number of hydrogen-bond acceptors (Lipinski definition) is 3. The zero-order valence-corrected chi connectivity index (χ0v) is 9.34. The first-order valence-corrected chi connectivity index (χ1v) is 6.20. The van der Waals surface area contributed by atoms with Crippen molar-refractivity contribution in [3.63, 3.8) is 0 Å². The molecule has 15 heavy (non-hydrogen) atoms. The highest BCUT2D eigenvalue weighted by atomic mass is 32.2. The number of thioether (sulfide) groups is 1. The minimum atomic E-state index is 0.161. The Labute approximate surface area is 92.7 Å². The van der Waals surface area contributed by atoms with Crippen LogP contribution in [-0.2, 0) is 0 Å². The van der Waals surface area contributed by atoms with Crippen molar-refractivity contribution >= 4 is 28.5 Å². The van der Waals surface area contributed by atoms with Crippen LogP contribution in [0.15, 0.2) is 34.9 Å². The van der Waals surface area contributed by atoms with Gasteiger partial charge in [-0.05, 0) is 12.3 Å². The van der Waals surface area contributed by atoms with Gasteiger partial charge in [0, 0.05) is 17.6 Å². The Morgan fingerprint density at radius 1 is 1.40 bits per heavy atom. The van der Waals surface area contributed by atoms with Crippen molar-refractivity contribution in [3.8, 4) is 0 Å². The highest BCUT2D eigenvalue weighted by Crippen LogP contribution is 2.22. The first kappa shape index (κ1) is 10.3. The van der Waals surface area contributed by atoms with E-state index in [2.05, 4.69) is 0 Å². The molecule has 0 amide bonds. The molecule has 2 aromatic rings. The molecule has 0 saturated carbocycles. The number of carbonyl (C=O) groups is 1. The van der Waals surface area contributed by atoms with Crippen molar-refractivity contribution < 1.29 is 9.21 Å². The zero-order chi connectivity index (χ0) is 10.7. The van der Waals surface area contributed by atoms with Crippen molar-refractivity contribution in [2.75, 3.05) is 12.0 Å². The maximum Gasteiger partial charge on any atom is 0.167 e. The molecule has 0 aliphatic rings. The Kier molecular flexibility index (Phi) is 3.11. The summed E-state index contributed by atoms with van der Waals surface area (Å²) in [5.41, 5.74) is 1.49. The molecule has 0 fully saturated rings. The molecule has 0 aliphatic heterocycles. The second-order valence-electron chi connectivity index (χ2n) is 3.31. The Morgan fingerprint density at radius 2 is 2.20 bits per heavy atom. The lowest BCUT2D eigenvalue weighted by molar-refractivity contribution is 0.0990. The van der Waals surface area contributed by atoms with Crippen LogP contribution in [0.4, 0.5) is 0 Å². The van der Waals surface area contributed by atoms with Gasteiger partial charge in [-0.3, -0.25) is 4.79 Å². The van der Waals surface area contributed by atoms with Gasteiger partial charge in [-0.2, -0.15) is 11.8 Å². The Bertz CT molecular complexity index is 473. The maximum absolute atomic E-state index is 11.8. The fourth-order valence-corrected chi connectivity index (χ4v) is 1.91. The van der Waals surface area contributed by atoms with Crippen LogP contribution in [0.25, 0.3) is 11.0 Å². The highest BCUT2D eigenvalue weighted by molar-refractivity contribution is 7.98. The summed E-state index contributed by atoms with van der Waals surface area (Å²) >= 11 is 1.68. The van der Waals surface area contributed by atoms with E-state index in [1.54, 1.807) is 18.0 Å². The highest BCUT2D eigenvalue weighted by Gasteiger charge is 2.12. The monoisotopic (exact) mass is 220 g/mol. The molecule has 0 N–H and O–H groups in total. The second kappa shape index (κ2) is 4.53. The van der Waals surface area contributed by atoms with E-state index >= 15 is 0 Å². The summed E-state index contributed by atoms with van der Waals surface area (Å²) in [6, 6.07) is 7.62. The number of carbonyl (C=O) groups excluding carboxylic acids is 1. The molecule has 78 valence electrons. The van der Waals surface area contributed by atoms with Crippen LogP contribution < -0.4 is 0 Å². The van der Waals surface area contributed by atoms with Crippen LogP contribution in [-0.4, -0.2) is 17.8 Å². The van der Waals surface area contributed by atoms with E-state index in [0.717, 1.165) is 16.7 Å². The van der Waals surface area contributed by atoms with Crippen molar-refractivity contribution in [1.82, 2.24) is 0 Å². The van der Waals surface area contributed by atoms with E-state index in [0.29, 0.717) is 12.0 Å². The van der Waals surface area contributed by atoms with Gasteiger partial charge >= 0.3 is 0 Å². The summed E-state index contributed by atoms with van der Waals surface area (Å²) < 4.78 is 5.32. The van der Waals surface area contributed by atoms with Crippen LogP contribution in [0.2, 0.25) is 0 Å². The first-order valence-electron chi connectivity index (χ1n) is 4.81. The van der Waals surface area contributed by atoms with Gasteiger partial charge in [0.1, 0.15) is 11.8 Å². The molecule has 0 aliphatic carbocycles. The lowest BCUT2D eigenvalue weighted by Crippen LogP contribution is -1.98. The lowest BCUT2D eigenvalue weighted by atomic mass is 10.1. The molecule has 3 heteroatoms. The van der Waals surface area contributed by atoms with Crippen LogP contribution in [0.5, 0.6) is 0 Å². The Morgan fingerprint density at radius 3 is 3.00 bits per heavy atom. The van der Waals surface area contributed by atoms with E-state index in [1.165, 1.54) is 0 Å². The third-order valence-electron chi connectivity index (χ3n) is 2.31. The average molecular weight is 220 g/mol. The Hall–Kier alpha value is -1.22. The fourth-order valence-electron chi connectivity index (χ4n) is 1.52. The smallest absolute Gasteiger partial charge is 0.167 e.